The number of anilines is 1. The summed E-state index contributed by atoms with van der Waals surface area (Å²) in [4.78, 5) is 41.8. The smallest absolute Gasteiger partial charge is 0.254 e. The number of benzene rings is 2. The maximum absolute atomic E-state index is 12.8. The van der Waals surface area contributed by atoms with E-state index in [1.807, 2.05) is 56.0 Å². The zero-order valence-electron chi connectivity index (χ0n) is 20.7. The second-order valence-electron chi connectivity index (χ2n) is 9.46. The molecule has 2 aromatic rings. The van der Waals surface area contributed by atoms with Gasteiger partial charge in [-0.15, -0.1) is 0 Å². The van der Waals surface area contributed by atoms with Gasteiger partial charge in [0.1, 0.15) is 5.75 Å². The number of methoxy groups -OCH3 is 1. The molecule has 35 heavy (non-hydrogen) atoms. The summed E-state index contributed by atoms with van der Waals surface area (Å²) in [7, 11) is 1.57. The second kappa shape index (κ2) is 10.5. The molecular formula is C27H33N3O5. The van der Waals surface area contributed by atoms with Gasteiger partial charge in [-0.1, -0.05) is 18.2 Å². The molecule has 2 fully saturated rings. The van der Waals surface area contributed by atoms with Crippen LogP contribution in [-0.2, 0) is 20.9 Å². The third kappa shape index (κ3) is 5.65. The molecule has 0 spiro atoms. The Kier molecular flexibility index (Phi) is 7.40. The summed E-state index contributed by atoms with van der Waals surface area (Å²) in [5.41, 5.74) is 3.21. The summed E-state index contributed by atoms with van der Waals surface area (Å²) >= 11 is 0. The molecule has 2 saturated heterocycles. The molecule has 0 radical (unpaired) electrons. The molecule has 2 aliphatic rings. The summed E-state index contributed by atoms with van der Waals surface area (Å²) in [6.07, 6.45) is 0.192. The van der Waals surface area contributed by atoms with Crippen LogP contribution in [-0.4, -0.2) is 61.6 Å². The monoisotopic (exact) mass is 479 g/mol. The van der Waals surface area contributed by atoms with Crippen molar-refractivity contribution in [3.8, 4) is 5.75 Å². The summed E-state index contributed by atoms with van der Waals surface area (Å²) < 4.78 is 11.1. The normalized spacial score (nSPS) is 22.3. The Morgan fingerprint density at radius 2 is 1.74 bits per heavy atom. The third-order valence-corrected chi connectivity index (χ3v) is 6.50. The van der Waals surface area contributed by atoms with Crippen LogP contribution in [0.3, 0.4) is 0 Å². The van der Waals surface area contributed by atoms with Crippen molar-refractivity contribution >= 4 is 23.4 Å². The molecule has 2 aromatic carbocycles. The number of amides is 3. The molecule has 0 saturated carbocycles. The highest BCUT2D eigenvalue weighted by atomic mass is 16.5. The van der Waals surface area contributed by atoms with Crippen molar-refractivity contribution in [2.24, 2.45) is 5.92 Å². The van der Waals surface area contributed by atoms with E-state index in [1.54, 1.807) is 24.1 Å². The van der Waals surface area contributed by atoms with E-state index in [0.29, 0.717) is 43.2 Å². The van der Waals surface area contributed by atoms with Gasteiger partial charge in [-0.25, -0.2) is 0 Å². The number of morpholine rings is 1. The minimum absolute atomic E-state index is 0.0151. The number of nitrogens with one attached hydrogen (secondary N) is 1. The number of hydrogen-bond acceptors (Lipinski definition) is 5. The van der Waals surface area contributed by atoms with Crippen molar-refractivity contribution in [2.45, 2.75) is 45.9 Å². The van der Waals surface area contributed by atoms with Gasteiger partial charge in [-0.3, -0.25) is 14.4 Å². The summed E-state index contributed by atoms with van der Waals surface area (Å²) in [5.74, 6) is -0.0918. The van der Waals surface area contributed by atoms with Crippen molar-refractivity contribution in [3.63, 3.8) is 0 Å². The first-order valence-electron chi connectivity index (χ1n) is 12.0. The Hall–Kier alpha value is -3.39. The van der Waals surface area contributed by atoms with Crippen LogP contribution in [0.2, 0.25) is 0 Å². The summed E-state index contributed by atoms with van der Waals surface area (Å²) in [6.45, 7) is 7.69. The van der Waals surface area contributed by atoms with Gasteiger partial charge >= 0.3 is 0 Å². The van der Waals surface area contributed by atoms with Crippen LogP contribution in [0.5, 0.6) is 5.75 Å². The van der Waals surface area contributed by atoms with Crippen LogP contribution in [0.4, 0.5) is 5.69 Å². The summed E-state index contributed by atoms with van der Waals surface area (Å²) in [5, 5.41) is 2.94. The second-order valence-corrected chi connectivity index (χ2v) is 9.46. The fourth-order valence-electron chi connectivity index (χ4n) is 4.75. The maximum atomic E-state index is 12.8. The van der Waals surface area contributed by atoms with E-state index < -0.39 is 5.92 Å². The van der Waals surface area contributed by atoms with Gasteiger partial charge < -0.3 is 24.6 Å². The molecule has 0 aromatic heterocycles. The maximum Gasteiger partial charge on any atom is 0.254 e. The predicted molar refractivity (Wildman–Crippen MR) is 132 cm³/mol. The Labute approximate surface area is 206 Å². The topological polar surface area (TPSA) is 88.2 Å². The molecule has 8 heteroatoms. The van der Waals surface area contributed by atoms with Gasteiger partial charge in [0.25, 0.3) is 5.91 Å². The van der Waals surface area contributed by atoms with Crippen molar-refractivity contribution in [1.82, 2.24) is 10.2 Å². The molecule has 2 heterocycles. The van der Waals surface area contributed by atoms with Gasteiger partial charge in [0, 0.05) is 38.2 Å². The first-order chi connectivity index (χ1) is 16.7. The average Bonchev–Trinajstić information content (AvgIpc) is 3.23. The molecule has 2 aliphatic heterocycles. The molecule has 186 valence electrons. The van der Waals surface area contributed by atoms with Gasteiger partial charge in [-0.2, -0.15) is 0 Å². The first kappa shape index (κ1) is 24.7. The zero-order valence-corrected chi connectivity index (χ0v) is 20.7. The number of nitrogens with zero attached hydrogens (tertiary/aromatic N) is 2. The highest BCUT2D eigenvalue weighted by Gasteiger charge is 2.36. The van der Waals surface area contributed by atoms with Gasteiger partial charge in [0.2, 0.25) is 11.8 Å². The highest BCUT2D eigenvalue weighted by molar-refractivity contribution is 6.01. The van der Waals surface area contributed by atoms with E-state index >= 15 is 0 Å². The van der Waals surface area contributed by atoms with E-state index in [-0.39, 0.29) is 36.4 Å². The average molecular weight is 480 g/mol. The minimum Gasteiger partial charge on any atom is -0.495 e. The standard InChI is InChI=1S/C27H33N3O5/c1-17-5-10-24(34-4)23(11-17)30-16-22(12-25(30)31)26(32)28-13-20-6-8-21(9-7-20)27(33)29-14-18(2)35-19(3)15-29/h5-11,18-19,22H,12-16H2,1-4H3,(H,28,32). The molecule has 8 nitrogen and oxygen atoms in total. The lowest BCUT2D eigenvalue weighted by Gasteiger charge is -2.35. The SMILES string of the molecule is COc1ccc(C)cc1N1CC(C(=O)NCc2ccc(C(=O)N3CC(C)OC(C)C3)cc2)CC1=O. The molecule has 0 bridgehead atoms. The Bertz CT molecular complexity index is 1090. The number of ether oxygens (including phenoxy) is 2. The predicted octanol–water partition coefficient (Wildman–Crippen LogP) is 2.92. The van der Waals surface area contributed by atoms with Crippen LogP contribution in [0.25, 0.3) is 0 Å². The van der Waals surface area contributed by atoms with Crippen LogP contribution >= 0.6 is 0 Å². The van der Waals surface area contributed by atoms with Crippen LogP contribution in [0.15, 0.2) is 42.5 Å². The minimum atomic E-state index is -0.432. The molecule has 3 amide bonds. The fourth-order valence-corrected chi connectivity index (χ4v) is 4.75. The van der Waals surface area contributed by atoms with Crippen LogP contribution in [0.1, 0.15) is 41.8 Å². The van der Waals surface area contributed by atoms with Crippen molar-refractivity contribution in [3.05, 3.63) is 59.2 Å². The van der Waals surface area contributed by atoms with E-state index in [4.69, 9.17) is 9.47 Å². The van der Waals surface area contributed by atoms with Gasteiger partial charge in [0.15, 0.2) is 0 Å². The zero-order chi connectivity index (χ0) is 25.1. The van der Waals surface area contributed by atoms with E-state index in [0.717, 1.165) is 11.1 Å². The molecule has 4 rings (SSSR count). The molecular weight excluding hydrogens is 446 g/mol. The first-order valence-corrected chi connectivity index (χ1v) is 12.0. The molecule has 0 aliphatic carbocycles. The Balaban J connectivity index is 1.33. The molecule has 3 atom stereocenters. The quantitative estimate of drug-likeness (QED) is 0.688. The van der Waals surface area contributed by atoms with Gasteiger partial charge in [0.05, 0.1) is 30.9 Å². The van der Waals surface area contributed by atoms with Crippen LogP contribution < -0.4 is 15.0 Å². The lowest BCUT2D eigenvalue weighted by molar-refractivity contribution is -0.126. The number of carbonyl (C=O) groups excluding carboxylic acids is 3. The van der Waals surface area contributed by atoms with Crippen molar-refractivity contribution in [2.75, 3.05) is 31.6 Å². The van der Waals surface area contributed by atoms with E-state index in [2.05, 4.69) is 5.32 Å². The number of rotatable bonds is 6. The van der Waals surface area contributed by atoms with Gasteiger partial charge in [-0.05, 0) is 56.2 Å². The third-order valence-electron chi connectivity index (χ3n) is 6.50. The molecule has 3 unspecified atom stereocenters. The lowest BCUT2D eigenvalue weighted by Crippen LogP contribution is -2.48. The number of carbonyl (C=O) groups is 3. The van der Waals surface area contributed by atoms with Crippen molar-refractivity contribution < 1.29 is 23.9 Å². The Morgan fingerprint density at radius 1 is 1.06 bits per heavy atom. The Morgan fingerprint density at radius 3 is 2.40 bits per heavy atom. The number of hydrogen-bond donors (Lipinski definition) is 1. The largest absolute Gasteiger partial charge is 0.495 e. The number of aryl methyl sites for hydroxylation is 1. The highest BCUT2D eigenvalue weighted by Crippen LogP contribution is 2.34. The van der Waals surface area contributed by atoms with Crippen LogP contribution in [0, 0.1) is 12.8 Å². The van der Waals surface area contributed by atoms with Crippen molar-refractivity contribution in [1.29, 1.82) is 0 Å². The summed E-state index contributed by atoms with van der Waals surface area (Å²) in [6, 6.07) is 12.9. The van der Waals surface area contributed by atoms with E-state index in [9.17, 15) is 14.4 Å². The van der Waals surface area contributed by atoms with E-state index in [1.165, 1.54) is 0 Å². The fraction of sp³-hybridized carbons (Fsp3) is 0.444. The lowest BCUT2D eigenvalue weighted by atomic mass is 10.1. The molecule has 1 N–H and O–H groups in total.